The van der Waals surface area contributed by atoms with E-state index in [1.165, 1.54) is 10.6 Å². The summed E-state index contributed by atoms with van der Waals surface area (Å²) in [7, 11) is 3.26. The highest BCUT2D eigenvalue weighted by Gasteiger charge is 2.25. The minimum atomic E-state index is -0.334. The standard InChI is InChI=1S/C29H32N6O3/c1-4-23-27(32(2)29(37)31-24-12-8-9-13-25(24)38-3)35-20-21(14-15-26(35)30-23)28(36)34-18-16-33(17-19-34)22-10-6-5-7-11-22/h5-15,20H,4,16-19H2,1-3H3,(H,31,37). The van der Waals surface area contributed by atoms with Crippen LogP contribution in [-0.4, -0.2) is 66.6 Å². The number of aryl methyl sites for hydroxylation is 1. The minimum absolute atomic E-state index is 0.0292. The molecule has 1 aliphatic rings. The number of ether oxygens (including phenoxy) is 1. The highest BCUT2D eigenvalue weighted by atomic mass is 16.5. The number of carbonyl (C=O) groups is 2. The van der Waals surface area contributed by atoms with Crippen LogP contribution < -0.4 is 19.9 Å². The second-order valence-electron chi connectivity index (χ2n) is 9.19. The fourth-order valence-corrected chi connectivity index (χ4v) is 4.83. The van der Waals surface area contributed by atoms with Gasteiger partial charge in [-0.25, -0.2) is 9.78 Å². The number of rotatable bonds is 6. The zero-order chi connectivity index (χ0) is 26.6. The zero-order valence-corrected chi connectivity index (χ0v) is 21.9. The summed E-state index contributed by atoms with van der Waals surface area (Å²) >= 11 is 0. The van der Waals surface area contributed by atoms with Crippen molar-refractivity contribution in [1.29, 1.82) is 0 Å². The number of amides is 3. The largest absolute Gasteiger partial charge is 0.495 e. The van der Waals surface area contributed by atoms with E-state index in [0.29, 0.717) is 48.0 Å². The van der Waals surface area contributed by atoms with Crippen LogP contribution >= 0.6 is 0 Å². The number of pyridine rings is 1. The molecule has 1 saturated heterocycles. The lowest BCUT2D eigenvalue weighted by Crippen LogP contribution is -2.48. The summed E-state index contributed by atoms with van der Waals surface area (Å²) in [4.78, 5) is 37.1. The SMILES string of the molecule is CCc1nc2ccc(C(=O)N3CCN(c4ccccc4)CC3)cn2c1N(C)C(=O)Nc1ccccc1OC. The van der Waals surface area contributed by atoms with E-state index in [1.807, 2.05) is 58.7 Å². The van der Waals surface area contributed by atoms with Crippen LogP contribution in [0.5, 0.6) is 5.75 Å². The number of urea groups is 1. The summed E-state index contributed by atoms with van der Waals surface area (Å²) in [5.41, 5.74) is 3.75. The Bertz CT molecular complexity index is 1440. The number of nitrogens with zero attached hydrogens (tertiary/aromatic N) is 5. The molecule has 0 aliphatic carbocycles. The number of imidazole rings is 1. The van der Waals surface area contributed by atoms with Crippen LogP contribution in [-0.2, 0) is 6.42 Å². The molecule has 2 aromatic heterocycles. The Kier molecular flexibility index (Phi) is 7.17. The molecule has 5 rings (SSSR count). The number of methoxy groups -OCH3 is 1. The molecule has 0 atom stereocenters. The van der Waals surface area contributed by atoms with Gasteiger partial charge in [0.1, 0.15) is 17.2 Å². The Labute approximate surface area is 222 Å². The molecule has 9 heteroatoms. The Morgan fingerprint density at radius 1 is 0.974 bits per heavy atom. The van der Waals surface area contributed by atoms with E-state index >= 15 is 0 Å². The maximum atomic E-state index is 13.5. The smallest absolute Gasteiger partial charge is 0.327 e. The number of hydrogen-bond acceptors (Lipinski definition) is 5. The van der Waals surface area contributed by atoms with Crippen LogP contribution in [0.25, 0.3) is 5.65 Å². The quantitative estimate of drug-likeness (QED) is 0.410. The number of para-hydroxylation sites is 3. The molecule has 3 heterocycles. The summed E-state index contributed by atoms with van der Waals surface area (Å²) in [5.74, 6) is 1.17. The van der Waals surface area contributed by atoms with E-state index in [0.717, 1.165) is 18.8 Å². The number of aromatic nitrogens is 2. The van der Waals surface area contributed by atoms with Crippen molar-refractivity contribution >= 4 is 34.8 Å². The summed E-state index contributed by atoms with van der Waals surface area (Å²) in [6.45, 7) is 4.84. The van der Waals surface area contributed by atoms with Crippen molar-refractivity contribution in [3.8, 4) is 5.75 Å². The maximum Gasteiger partial charge on any atom is 0.327 e. The van der Waals surface area contributed by atoms with E-state index in [-0.39, 0.29) is 11.9 Å². The van der Waals surface area contributed by atoms with Crippen molar-refractivity contribution in [3.63, 3.8) is 0 Å². The van der Waals surface area contributed by atoms with Crippen LogP contribution in [0, 0.1) is 0 Å². The average molecular weight is 513 g/mol. The van der Waals surface area contributed by atoms with E-state index in [4.69, 9.17) is 9.72 Å². The first-order valence-electron chi connectivity index (χ1n) is 12.8. The second kappa shape index (κ2) is 10.8. The van der Waals surface area contributed by atoms with Crippen LogP contribution in [0.2, 0.25) is 0 Å². The van der Waals surface area contributed by atoms with Crippen LogP contribution in [0.15, 0.2) is 72.9 Å². The molecule has 4 aromatic rings. The molecule has 2 aromatic carbocycles. The first-order chi connectivity index (χ1) is 18.5. The molecule has 38 heavy (non-hydrogen) atoms. The van der Waals surface area contributed by atoms with Crippen molar-refractivity contribution in [2.75, 3.05) is 55.5 Å². The van der Waals surface area contributed by atoms with E-state index in [1.54, 1.807) is 32.5 Å². The maximum absolute atomic E-state index is 13.5. The van der Waals surface area contributed by atoms with Crippen molar-refractivity contribution in [1.82, 2.24) is 14.3 Å². The summed E-state index contributed by atoms with van der Waals surface area (Å²) < 4.78 is 7.19. The van der Waals surface area contributed by atoms with Crippen LogP contribution in [0.4, 0.5) is 22.0 Å². The summed E-state index contributed by atoms with van der Waals surface area (Å²) in [6.07, 6.45) is 2.42. The van der Waals surface area contributed by atoms with Gasteiger partial charge in [0.25, 0.3) is 5.91 Å². The molecule has 0 bridgehead atoms. The first kappa shape index (κ1) is 25.1. The highest BCUT2D eigenvalue weighted by Crippen LogP contribution is 2.27. The molecule has 9 nitrogen and oxygen atoms in total. The number of benzene rings is 2. The fraction of sp³-hybridized carbons (Fsp3) is 0.276. The minimum Gasteiger partial charge on any atom is -0.495 e. The first-order valence-corrected chi connectivity index (χ1v) is 12.8. The Morgan fingerprint density at radius 2 is 1.68 bits per heavy atom. The van der Waals surface area contributed by atoms with Gasteiger partial charge < -0.3 is 19.9 Å². The van der Waals surface area contributed by atoms with Crippen LogP contribution in [0.1, 0.15) is 23.0 Å². The lowest BCUT2D eigenvalue weighted by molar-refractivity contribution is 0.0746. The Hall–Kier alpha value is -4.53. The van der Waals surface area contributed by atoms with Crippen molar-refractivity contribution in [2.24, 2.45) is 0 Å². The summed E-state index contributed by atoms with van der Waals surface area (Å²) in [5, 5.41) is 2.91. The molecule has 3 amide bonds. The normalized spacial score (nSPS) is 13.4. The average Bonchev–Trinajstić information content (AvgIpc) is 3.35. The van der Waals surface area contributed by atoms with Crippen molar-refractivity contribution < 1.29 is 14.3 Å². The van der Waals surface area contributed by atoms with Crippen LogP contribution in [0.3, 0.4) is 0 Å². The highest BCUT2D eigenvalue weighted by molar-refractivity contribution is 6.02. The number of carbonyl (C=O) groups excluding carboxylic acids is 2. The van der Waals surface area contributed by atoms with E-state index in [2.05, 4.69) is 22.3 Å². The molecule has 196 valence electrons. The lowest BCUT2D eigenvalue weighted by atomic mass is 10.2. The molecular weight excluding hydrogens is 480 g/mol. The van der Waals surface area contributed by atoms with Gasteiger partial charge in [-0.05, 0) is 42.8 Å². The molecule has 0 saturated carbocycles. The molecule has 1 fully saturated rings. The monoisotopic (exact) mass is 512 g/mol. The van der Waals surface area contributed by atoms with E-state index in [9.17, 15) is 9.59 Å². The van der Waals surface area contributed by atoms with Gasteiger partial charge in [-0.1, -0.05) is 37.3 Å². The second-order valence-corrected chi connectivity index (χ2v) is 9.19. The summed E-state index contributed by atoms with van der Waals surface area (Å²) in [6, 6.07) is 20.8. The van der Waals surface area contributed by atoms with Gasteiger partial charge in [-0.15, -0.1) is 0 Å². The fourth-order valence-electron chi connectivity index (χ4n) is 4.83. The third kappa shape index (κ3) is 4.87. The van der Waals surface area contributed by atoms with Gasteiger partial charge in [0.05, 0.1) is 24.1 Å². The van der Waals surface area contributed by atoms with Gasteiger partial charge >= 0.3 is 6.03 Å². The lowest BCUT2D eigenvalue weighted by Gasteiger charge is -2.36. The zero-order valence-electron chi connectivity index (χ0n) is 21.9. The predicted octanol–water partition coefficient (Wildman–Crippen LogP) is 4.54. The molecule has 0 radical (unpaired) electrons. The third-order valence-electron chi connectivity index (χ3n) is 6.90. The number of anilines is 3. The number of fused-ring (bicyclic) bond motifs is 1. The molecule has 0 unspecified atom stereocenters. The van der Waals surface area contributed by atoms with Crippen molar-refractivity contribution in [2.45, 2.75) is 13.3 Å². The molecular formula is C29H32N6O3. The molecule has 1 aliphatic heterocycles. The molecule has 1 N–H and O–H groups in total. The van der Waals surface area contributed by atoms with Gasteiger partial charge in [-0.2, -0.15) is 0 Å². The Morgan fingerprint density at radius 3 is 2.39 bits per heavy atom. The number of nitrogens with one attached hydrogen (secondary N) is 1. The van der Waals surface area contributed by atoms with Gasteiger partial charge in [-0.3, -0.25) is 14.1 Å². The topological polar surface area (TPSA) is 82.4 Å². The van der Waals surface area contributed by atoms with E-state index < -0.39 is 0 Å². The van der Waals surface area contributed by atoms with Gasteiger partial charge in [0.2, 0.25) is 0 Å². The van der Waals surface area contributed by atoms with Crippen molar-refractivity contribution in [3.05, 3.63) is 84.2 Å². The predicted molar refractivity (Wildman–Crippen MR) is 150 cm³/mol. The number of piperazine rings is 1. The number of hydrogen-bond donors (Lipinski definition) is 1. The Balaban J connectivity index is 1.37. The molecule has 0 spiro atoms. The van der Waals surface area contributed by atoms with Gasteiger partial charge in [0.15, 0.2) is 0 Å². The van der Waals surface area contributed by atoms with Gasteiger partial charge in [0, 0.05) is 45.1 Å². The third-order valence-corrected chi connectivity index (χ3v) is 6.90.